The van der Waals surface area contributed by atoms with Crippen LogP contribution in [0.4, 0.5) is 5.69 Å². The number of para-hydroxylation sites is 1. The molecule has 2 aromatic carbocycles. The number of hydrogen-bond acceptors (Lipinski definition) is 2. The smallest absolute Gasteiger partial charge is 0.143 e. The SMILES string of the molecule is C/C(=N\c1ccccc1)c1cc(Cl)cc(Cl)c1O. The predicted octanol–water partition coefficient (Wildman–Crippen LogP) is 4.84. The van der Waals surface area contributed by atoms with Gasteiger partial charge < -0.3 is 5.11 Å². The second-order valence-corrected chi connectivity index (χ2v) is 4.66. The average Bonchev–Trinajstić information content (AvgIpc) is 2.35. The molecule has 0 spiro atoms. The van der Waals surface area contributed by atoms with Gasteiger partial charge in [0.2, 0.25) is 0 Å². The minimum atomic E-state index is -0.00162. The fraction of sp³-hybridized carbons (Fsp3) is 0.0714. The maximum Gasteiger partial charge on any atom is 0.143 e. The summed E-state index contributed by atoms with van der Waals surface area (Å²) in [6, 6.07) is 12.6. The summed E-state index contributed by atoms with van der Waals surface area (Å²) in [5.41, 5.74) is 2.00. The third-order valence-electron chi connectivity index (χ3n) is 2.47. The van der Waals surface area contributed by atoms with Crippen molar-refractivity contribution in [2.75, 3.05) is 0 Å². The molecule has 4 heteroatoms. The second kappa shape index (κ2) is 5.42. The van der Waals surface area contributed by atoms with Crippen LogP contribution in [0.1, 0.15) is 12.5 Å². The summed E-state index contributed by atoms with van der Waals surface area (Å²) in [5, 5.41) is 10.6. The molecule has 2 rings (SSSR count). The Hall–Kier alpha value is -1.51. The lowest BCUT2D eigenvalue weighted by Crippen LogP contribution is -1.95. The van der Waals surface area contributed by atoms with Crippen molar-refractivity contribution in [1.82, 2.24) is 0 Å². The number of phenolic OH excluding ortho intramolecular Hbond substituents is 1. The summed E-state index contributed by atoms with van der Waals surface area (Å²) in [4.78, 5) is 4.41. The van der Waals surface area contributed by atoms with Crippen molar-refractivity contribution in [2.24, 2.45) is 4.99 Å². The van der Waals surface area contributed by atoms with Crippen LogP contribution in [0.25, 0.3) is 0 Å². The van der Waals surface area contributed by atoms with Crippen molar-refractivity contribution in [3.05, 3.63) is 58.1 Å². The maximum atomic E-state index is 9.90. The molecular weight excluding hydrogens is 269 g/mol. The van der Waals surface area contributed by atoms with Gasteiger partial charge in [-0.25, -0.2) is 0 Å². The molecule has 0 aromatic heterocycles. The zero-order chi connectivity index (χ0) is 13.1. The summed E-state index contributed by atoms with van der Waals surface area (Å²) in [6.07, 6.45) is 0. The van der Waals surface area contributed by atoms with E-state index >= 15 is 0 Å². The molecule has 1 N–H and O–H groups in total. The molecule has 0 atom stereocenters. The molecule has 0 radical (unpaired) electrons. The van der Waals surface area contributed by atoms with E-state index in [1.54, 1.807) is 13.0 Å². The van der Waals surface area contributed by atoms with Gasteiger partial charge in [-0.3, -0.25) is 4.99 Å². The lowest BCUT2D eigenvalue weighted by molar-refractivity contribution is 0.474. The number of aliphatic imine (C=N–C) groups is 1. The van der Waals surface area contributed by atoms with Crippen LogP contribution in [-0.4, -0.2) is 10.8 Å². The molecule has 92 valence electrons. The van der Waals surface area contributed by atoms with Gasteiger partial charge in [0.1, 0.15) is 5.75 Å². The van der Waals surface area contributed by atoms with E-state index in [4.69, 9.17) is 23.2 Å². The molecule has 0 heterocycles. The largest absolute Gasteiger partial charge is 0.506 e. The minimum absolute atomic E-state index is 0.00162. The van der Waals surface area contributed by atoms with E-state index in [9.17, 15) is 5.11 Å². The molecule has 0 aliphatic carbocycles. The summed E-state index contributed by atoms with van der Waals surface area (Å²) in [6.45, 7) is 1.80. The third-order valence-corrected chi connectivity index (χ3v) is 2.98. The topological polar surface area (TPSA) is 32.6 Å². The normalized spacial score (nSPS) is 11.6. The molecule has 0 aliphatic rings. The molecule has 0 unspecified atom stereocenters. The van der Waals surface area contributed by atoms with Gasteiger partial charge in [-0.1, -0.05) is 41.4 Å². The van der Waals surface area contributed by atoms with Gasteiger partial charge in [0.25, 0.3) is 0 Å². The number of hydrogen-bond donors (Lipinski definition) is 1. The summed E-state index contributed by atoms with van der Waals surface area (Å²) in [5.74, 6) is -0.00162. The zero-order valence-corrected chi connectivity index (χ0v) is 11.2. The Labute approximate surface area is 116 Å². The van der Waals surface area contributed by atoms with Gasteiger partial charge in [-0.05, 0) is 31.2 Å². The number of halogens is 2. The molecule has 2 nitrogen and oxygen atoms in total. The molecule has 0 amide bonds. The first-order valence-corrected chi connectivity index (χ1v) is 6.12. The third kappa shape index (κ3) is 2.84. The van der Waals surface area contributed by atoms with Crippen LogP contribution in [0.15, 0.2) is 47.5 Å². The number of rotatable bonds is 2. The zero-order valence-electron chi connectivity index (χ0n) is 9.69. The molecule has 0 saturated carbocycles. The Kier molecular flexibility index (Phi) is 3.90. The fourth-order valence-electron chi connectivity index (χ4n) is 1.60. The average molecular weight is 280 g/mol. The Morgan fingerprint density at radius 1 is 1.11 bits per heavy atom. The summed E-state index contributed by atoms with van der Waals surface area (Å²) in [7, 11) is 0. The van der Waals surface area contributed by atoms with Crippen LogP contribution >= 0.6 is 23.2 Å². The highest BCUT2D eigenvalue weighted by atomic mass is 35.5. The number of benzene rings is 2. The van der Waals surface area contributed by atoms with Gasteiger partial charge in [0, 0.05) is 16.3 Å². The first-order chi connectivity index (χ1) is 8.58. The van der Waals surface area contributed by atoms with E-state index in [0.29, 0.717) is 16.3 Å². The van der Waals surface area contributed by atoms with Crippen molar-refractivity contribution in [3.8, 4) is 5.75 Å². The van der Waals surface area contributed by atoms with Gasteiger partial charge in [-0.2, -0.15) is 0 Å². The molecule has 0 bridgehead atoms. The number of aromatic hydroxyl groups is 1. The Morgan fingerprint density at radius 3 is 2.44 bits per heavy atom. The van der Waals surface area contributed by atoms with Crippen LogP contribution in [0.5, 0.6) is 5.75 Å². The molecule has 18 heavy (non-hydrogen) atoms. The van der Waals surface area contributed by atoms with Crippen LogP contribution in [0, 0.1) is 0 Å². The predicted molar refractivity (Wildman–Crippen MR) is 76.4 cm³/mol. The fourth-order valence-corrected chi connectivity index (χ4v) is 2.09. The first kappa shape index (κ1) is 12.9. The first-order valence-electron chi connectivity index (χ1n) is 5.36. The van der Waals surface area contributed by atoms with Gasteiger partial charge in [-0.15, -0.1) is 0 Å². The Bertz CT molecular complexity index is 594. The monoisotopic (exact) mass is 279 g/mol. The summed E-state index contributed by atoms with van der Waals surface area (Å²) >= 11 is 11.8. The molecule has 0 aliphatic heterocycles. The standard InChI is InChI=1S/C14H11Cl2NO/c1-9(17-11-5-3-2-4-6-11)12-7-10(15)8-13(16)14(12)18/h2-8,18H,1H3/b17-9+. The number of phenols is 1. The Balaban J connectivity index is 2.46. The van der Waals surface area contributed by atoms with Gasteiger partial charge in [0.15, 0.2) is 0 Å². The summed E-state index contributed by atoms with van der Waals surface area (Å²) < 4.78 is 0. The number of nitrogens with zero attached hydrogens (tertiary/aromatic N) is 1. The van der Waals surface area contributed by atoms with E-state index in [1.165, 1.54) is 6.07 Å². The molecule has 0 fully saturated rings. The van der Waals surface area contributed by atoms with Crippen molar-refractivity contribution in [3.63, 3.8) is 0 Å². The highest BCUT2D eigenvalue weighted by Gasteiger charge is 2.10. The van der Waals surface area contributed by atoms with Crippen LogP contribution < -0.4 is 0 Å². The van der Waals surface area contributed by atoms with Crippen molar-refractivity contribution in [1.29, 1.82) is 0 Å². The highest BCUT2D eigenvalue weighted by molar-refractivity contribution is 6.36. The van der Waals surface area contributed by atoms with E-state index in [1.807, 2.05) is 30.3 Å². The highest BCUT2D eigenvalue weighted by Crippen LogP contribution is 2.32. The lowest BCUT2D eigenvalue weighted by atomic mass is 10.1. The van der Waals surface area contributed by atoms with Crippen molar-refractivity contribution >= 4 is 34.6 Å². The van der Waals surface area contributed by atoms with E-state index in [0.717, 1.165) is 5.69 Å². The molecule has 2 aromatic rings. The second-order valence-electron chi connectivity index (χ2n) is 3.82. The van der Waals surface area contributed by atoms with E-state index in [2.05, 4.69) is 4.99 Å². The van der Waals surface area contributed by atoms with E-state index < -0.39 is 0 Å². The van der Waals surface area contributed by atoms with E-state index in [-0.39, 0.29) is 10.8 Å². The van der Waals surface area contributed by atoms with Gasteiger partial charge >= 0.3 is 0 Å². The minimum Gasteiger partial charge on any atom is -0.506 e. The van der Waals surface area contributed by atoms with Gasteiger partial charge in [0.05, 0.1) is 10.7 Å². The van der Waals surface area contributed by atoms with Crippen LogP contribution in [-0.2, 0) is 0 Å². The lowest BCUT2D eigenvalue weighted by Gasteiger charge is -2.07. The van der Waals surface area contributed by atoms with Crippen LogP contribution in [0.2, 0.25) is 10.0 Å². The Morgan fingerprint density at radius 2 is 1.78 bits per heavy atom. The quantitative estimate of drug-likeness (QED) is 0.784. The molecule has 0 saturated heterocycles. The van der Waals surface area contributed by atoms with Crippen LogP contribution in [0.3, 0.4) is 0 Å². The maximum absolute atomic E-state index is 9.90. The van der Waals surface area contributed by atoms with Crippen molar-refractivity contribution < 1.29 is 5.11 Å². The van der Waals surface area contributed by atoms with Crippen molar-refractivity contribution in [2.45, 2.75) is 6.92 Å². The molecular formula is C14H11Cl2NO.